The molecule has 1 nitrogen and oxygen atoms in total. The van der Waals surface area contributed by atoms with Gasteiger partial charge in [-0.15, -0.1) is 9.24 Å². The topological polar surface area (TPSA) is 9.23 Å². The van der Waals surface area contributed by atoms with E-state index in [-0.39, 0.29) is 5.92 Å². The maximum absolute atomic E-state index is 6.06. The van der Waals surface area contributed by atoms with Crippen molar-refractivity contribution in [2.45, 2.75) is 11.5 Å². The first-order valence-electron chi connectivity index (χ1n) is 7.08. The smallest absolute Gasteiger partial charge is 0.122 e. The van der Waals surface area contributed by atoms with Gasteiger partial charge in [-0.1, -0.05) is 72.8 Å². The minimum absolute atomic E-state index is 0.154. The van der Waals surface area contributed by atoms with Crippen molar-refractivity contribution in [1.29, 1.82) is 0 Å². The fourth-order valence-corrected chi connectivity index (χ4v) is 3.64. The van der Waals surface area contributed by atoms with Gasteiger partial charge in [-0.3, -0.25) is 0 Å². The van der Waals surface area contributed by atoms with Crippen LogP contribution in [-0.2, 0) is 10.3 Å². The lowest BCUT2D eigenvalue weighted by Gasteiger charge is -2.40. The zero-order valence-electron chi connectivity index (χ0n) is 12.1. The fraction of sp³-hybridized carbons (Fsp3) is 0.158. The highest BCUT2D eigenvalue weighted by Crippen LogP contribution is 2.49. The van der Waals surface area contributed by atoms with E-state index in [1.807, 2.05) is 12.1 Å². The van der Waals surface area contributed by atoms with Crippen molar-refractivity contribution < 1.29 is 4.74 Å². The summed E-state index contributed by atoms with van der Waals surface area (Å²) in [5.41, 5.74) is 1.97. The lowest BCUT2D eigenvalue weighted by atomic mass is 9.74. The van der Waals surface area contributed by atoms with Gasteiger partial charge in [0.2, 0.25) is 0 Å². The highest BCUT2D eigenvalue weighted by Gasteiger charge is 2.41. The molecule has 0 saturated heterocycles. The maximum Gasteiger partial charge on any atom is 0.122 e. The molecule has 3 atom stereocenters. The first-order valence-corrected chi connectivity index (χ1v) is 7.66. The molecule has 1 aliphatic rings. The molecular weight excluding hydrogens is 275 g/mol. The van der Waals surface area contributed by atoms with Crippen LogP contribution in [-0.4, -0.2) is 7.11 Å². The minimum atomic E-state index is -0.464. The molecule has 0 aliphatic heterocycles. The van der Waals surface area contributed by atoms with Crippen LogP contribution < -0.4 is 0 Å². The first kappa shape index (κ1) is 14.3. The quantitative estimate of drug-likeness (QED) is 0.749. The van der Waals surface area contributed by atoms with Gasteiger partial charge in [-0.05, 0) is 22.5 Å². The second-order valence-electron chi connectivity index (χ2n) is 5.23. The van der Waals surface area contributed by atoms with Crippen LogP contribution in [0.1, 0.15) is 17.0 Å². The summed E-state index contributed by atoms with van der Waals surface area (Å²) in [6, 6.07) is 21.0. The van der Waals surface area contributed by atoms with Crippen LogP contribution in [0.3, 0.4) is 0 Å². The number of benzene rings is 2. The molecule has 21 heavy (non-hydrogen) atoms. The van der Waals surface area contributed by atoms with E-state index in [9.17, 15) is 0 Å². The average Bonchev–Trinajstić information content (AvgIpc) is 2.56. The van der Waals surface area contributed by atoms with E-state index in [1.165, 1.54) is 16.4 Å². The van der Waals surface area contributed by atoms with E-state index >= 15 is 0 Å². The maximum atomic E-state index is 6.06. The van der Waals surface area contributed by atoms with E-state index in [2.05, 4.69) is 76.0 Å². The Labute approximate surface area is 128 Å². The van der Waals surface area contributed by atoms with Crippen molar-refractivity contribution in [2.24, 2.45) is 0 Å². The summed E-state index contributed by atoms with van der Waals surface area (Å²) < 4.78 is 6.06. The average molecular weight is 294 g/mol. The minimum Gasteiger partial charge on any atom is -0.368 e. The summed E-state index contributed by atoms with van der Waals surface area (Å²) in [6.45, 7) is 0. The largest absolute Gasteiger partial charge is 0.368 e. The van der Waals surface area contributed by atoms with Gasteiger partial charge in [0.25, 0.3) is 0 Å². The third-order valence-corrected chi connectivity index (χ3v) is 4.62. The second-order valence-corrected chi connectivity index (χ2v) is 5.90. The monoisotopic (exact) mass is 294 g/mol. The molecule has 3 rings (SSSR count). The Bertz CT molecular complexity index is 660. The summed E-state index contributed by atoms with van der Waals surface area (Å²) in [5.74, 6) is 0.154. The third kappa shape index (κ3) is 2.48. The molecular formula is C19H19OP. The van der Waals surface area contributed by atoms with E-state index in [4.69, 9.17) is 4.74 Å². The number of hydrogen-bond acceptors (Lipinski definition) is 1. The molecule has 2 aromatic rings. The molecule has 0 radical (unpaired) electrons. The van der Waals surface area contributed by atoms with Gasteiger partial charge in [0.15, 0.2) is 0 Å². The van der Waals surface area contributed by atoms with Gasteiger partial charge < -0.3 is 4.74 Å². The summed E-state index contributed by atoms with van der Waals surface area (Å²) in [6.07, 6.45) is 6.38. The van der Waals surface area contributed by atoms with Gasteiger partial charge in [-0.2, -0.15) is 0 Å². The van der Waals surface area contributed by atoms with E-state index in [0.29, 0.717) is 0 Å². The van der Waals surface area contributed by atoms with Gasteiger partial charge >= 0.3 is 0 Å². The molecule has 0 heterocycles. The zero-order valence-corrected chi connectivity index (χ0v) is 13.2. The van der Waals surface area contributed by atoms with Gasteiger partial charge in [0.05, 0.1) is 0 Å². The Morgan fingerprint density at radius 2 is 1.57 bits per heavy atom. The Hall–Kier alpha value is -1.69. The SMILES string of the molecule is COC1(c2ccccc2)C=CC=C(P)C1c1ccccc1. The van der Waals surface area contributed by atoms with E-state index < -0.39 is 5.60 Å². The Balaban J connectivity index is 2.18. The molecule has 0 N–H and O–H groups in total. The normalized spacial score (nSPS) is 24.7. The number of hydrogen-bond donors (Lipinski definition) is 0. The van der Waals surface area contributed by atoms with Crippen molar-refractivity contribution in [3.63, 3.8) is 0 Å². The predicted octanol–water partition coefficient (Wildman–Crippen LogP) is 4.64. The Kier molecular flexibility index (Phi) is 4.05. The van der Waals surface area contributed by atoms with Crippen molar-refractivity contribution in [2.75, 3.05) is 7.11 Å². The Morgan fingerprint density at radius 3 is 2.19 bits per heavy atom. The van der Waals surface area contributed by atoms with Crippen LogP contribution in [0.5, 0.6) is 0 Å². The number of rotatable bonds is 3. The van der Waals surface area contributed by atoms with Crippen LogP contribution in [0.4, 0.5) is 0 Å². The summed E-state index contributed by atoms with van der Waals surface area (Å²) in [4.78, 5) is 0. The highest BCUT2D eigenvalue weighted by atomic mass is 31.0. The predicted molar refractivity (Wildman–Crippen MR) is 91.2 cm³/mol. The fourth-order valence-electron chi connectivity index (χ4n) is 3.09. The Morgan fingerprint density at radius 1 is 0.952 bits per heavy atom. The van der Waals surface area contributed by atoms with E-state index in [0.717, 1.165) is 0 Å². The standard InChI is InChI=1S/C19H19OP/c1-20-19(16-11-6-3-7-12-16)14-8-13-17(21)18(19)15-9-4-2-5-10-15/h2-14,18H,21H2,1H3. The summed E-state index contributed by atoms with van der Waals surface area (Å²) in [5, 5.41) is 1.23. The molecule has 3 unspecified atom stereocenters. The van der Waals surface area contributed by atoms with Crippen molar-refractivity contribution in [3.05, 3.63) is 95.3 Å². The van der Waals surface area contributed by atoms with Crippen molar-refractivity contribution >= 4 is 9.24 Å². The molecule has 0 spiro atoms. The second kappa shape index (κ2) is 5.97. The summed E-state index contributed by atoms with van der Waals surface area (Å²) in [7, 11) is 4.66. The molecule has 1 aliphatic carbocycles. The molecule has 0 fully saturated rings. The number of methoxy groups -OCH3 is 1. The van der Waals surface area contributed by atoms with Crippen molar-refractivity contribution in [1.82, 2.24) is 0 Å². The molecule has 0 aromatic heterocycles. The number of ether oxygens (including phenoxy) is 1. The van der Waals surface area contributed by atoms with Crippen LogP contribution in [0, 0.1) is 0 Å². The molecule has 0 saturated carbocycles. The van der Waals surface area contributed by atoms with Crippen LogP contribution in [0.2, 0.25) is 0 Å². The van der Waals surface area contributed by atoms with Crippen molar-refractivity contribution in [3.8, 4) is 0 Å². The molecule has 0 bridgehead atoms. The van der Waals surface area contributed by atoms with Crippen LogP contribution in [0.25, 0.3) is 0 Å². The lowest BCUT2D eigenvalue weighted by molar-refractivity contribution is 0.0143. The molecule has 0 amide bonds. The van der Waals surface area contributed by atoms with E-state index in [1.54, 1.807) is 7.11 Å². The van der Waals surface area contributed by atoms with Gasteiger partial charge in [0, 0.05) is 13.0 Å². The zero-order chi connectivity index (χ0) is 14.7. The lowest BCUT2D eigenvalue weighted by Crippen LogP contribution is -2.35. The number of allylic oxidation sites excluding steroid dienone is 2. The van der Waals surface area contributed by atoms with Gasteiger partial charge in [-0.25, -0.2) is 0 Å². The highest BCUT2D eigenvalue weighted by molar-refractivity contribution is 7.22. The molecule has 2 aromatic carbocycles. The third-order valence-electron chi connectivity index (χ3n) is 4.09. The van der Waals surface area contributed by atoms with Crippen LogP contribution in [0.15, 0.2) is 84.2 Å². The van der Waals surface area contributed by atoms with Gasteiger partial charge in [0.1, 0.15) is 5.60 Å². The molecule has 106 valence electrons. The van der Waals surface area contributed by atoms with Crippen LogP contribution >= 0.6 is 9.24 Å². The molecule has 2 heteroatoms. The first-order chi connectivity index (χ1) is 10.3. The summed E-state index contributed by atoms with van der Waals surface area (Å²) >= 11 is 0.